The molecule has 23 heavy (non-hydrogen) atoms. The Morgan fingerprint density at radius 1 is 1.04 bits per heavy atom. The van der Waals surface area contributed by atoms with Gasteiger partial charge in [-0.05, 0) is 11.6 Å². The van der Waals surface area contributed by atoms with E-state index < -0.39 is 0 Å². The van der Waals surface area contributed by atoms with Gasteiger partial charge in [0.25, 0.3) is 0 Å². The van der Waals surface area contributed by atoms with Crippen LogP contribution >= 0.6 is 0 Å². The van der Waals surface area contributed by atoms with Crippen LogP contribution in [0.3, 0.4) is 0 Å². The number of carbonyl (C=O) groups excluding carboxylic acids is 1. The summed E-state index contributed by atoms with van der Waals surface area (Å²) < 4.78 is 2.10. The highest BCUT2D eigenvalue weighted by Crippen LogP contribution is 2.23. The predicted molar refractivity (Wildman–Crippen MR) is 87.9 cm³/mol. The molecule has 0 saturated carbocycles. The molecule has 1 aliphatic rings. The summed E-state index contributed by atoms with van der Waals surface area (Å²) in [6.07, 6.45) is 3.05. The Bertz CT molecular complexity index is 881. The third-order valence-corrected chi connectivity index (χ3v) is 4.25. The maximum absolute atomic E-state index is 12.3. The number of ketones is 1. The molecule has 0 amide bonds. The zero-order valence-electron chi connectivity index (χ0n) is 12.6. The van der Waals surface area contributed by atoms with Crippen LogP contribution in [-0.4, -0.2) is 34.6 Å². The van der Waals surface area contributed by atoms with E-state index >= 15 is 0 Å². The molecule has 3 nitrogen and oxygen atoms in total. The third kappa shape index (κ3) is 2.99. The number of aromatic nitrogens is 1. The molecule has 0 fully saturated rings. The van der Waals surface area contributed by atoms with Crippen LogP contribution in [-0.2, 0) is 6.42 Å². The zero-order chi connectivity index (χ0) is 14.9. The molecular weight excluding hydrogens is 352 g/mol. The molecule has 0 unspecified atom stereocenters. The van der Waals surface area contributed by atoms with Gasteiger partial charge in [-0.2, -0.15) is 0 Å². The summed E-state index contributed by atoms with van der Waals surface area (Å²) in [6, 6.07) is 17.9. The number of carbonyl (C=O) groups is 1. The lowest BCUT2D eigenvalue weighted by Crippen LogP contribution is -3.00. The molecule has 1 aromatic heterocycles. The van der Waals surface area contributed by atoms with Crippen LogP contribution < -0.4 is 17.0 Å². The predicted octanol–water partition coefficient (Wildman–Crippen LogP) is 0.0423. The average Bonchev–Trinajstić information content (AvgIpc) is 2.93. The smallest absolute Gasteiger partial charge is 0.227 e. The number of para-hydroxylation sites is 1. The van der Waals surface area contributed by atoms with Gasteiger partial charge in [0, 0.05) is 22.9 Å². The molecule has 116 valence electrons. The van der Waals surface area contributed by atoms with Gasteiger partial charge in [0.05, 0.1) is 0 Å². The van der Waals surface area contributed by atoms with E-state index in [4.69, 9.17) is 0 Å². The Morgan fingerprint density at radius 2 is 1.78 bits per heavy atom. The summed E-state index contributed by atoms with van der Waals surface area (Å²) >= 11 is 0. The van der Waals surface area contributed by atoms with E-state index in [1.54, 1.807) is 0 Å². The number of Topliss-reactive ketones (excluding diaryl/α,β-unsaturated/α-hetero) is 1. The number of fused-ring (bicyclic) bond motifs is 3. The van der Waals surface area contributed by atoms with E-state index in [0.29, 0.717) is 6.54 Å². The number of H-pyrrole nitrogens is 1. The second-order valence-electron chi connectivity index (χ2n) is 5.70. The molecule has 1 N–H and O–H groups in total. The Labute approximate surface area is 145 Å². The second-order valence-corrected chi connectivity index (χ2v) is 5.70. The first-order valence-electron chi connectivity index (χ1n) is 7.58. The number of nitrogens with zero attached hydrogens (tertiary/aromatic N) is 1. The van der Waals surface area contributed by atoms with Crippen molar-refractivity contribution in [1.29, 1.82) is 0 Å². The lowest BCUT2D eigenvalue weighted by Gasteiger charge is -2.09. The van der Waals surface area contributed by atoms with Crippen molar-refractivity contribution in [1.82, 2.24) is 4.98 Å². The Kier molecular flexibility index (Phi) is 4.44. The number of hydrogen-bond donors (Lipinski definition) is 1. The fourth-order valence-electron chi connectivity index (χ4n) is 3.13. The maximum Gasteiger partial charge on any atom is 0.227 e. The van der Waals surface area contributed by atoms with Crippen LogP contribution in [0.4, 0.5) is 0 Å². The van der Waals surface area contributed by atoms with Crippen molar-refractivity contribution in [2.24, 2.45) is 0 Å². The van der Waals surface area contributed by atoms with Gasteiger partial charge in [-0.1, -0.05) is 48.5 Å². The summed E-state index contributed by atoms with van der Waals surface area (Å²) in [4.78, 5) is 15.8. The molecule has 3 aromatic rings. The highest BCUT2D eigenvalue weighted by molar-refractivity contribution is 5.98. The number of aromatic amines is 1. The quantitative estimate of drug-likeness (QED) is 0.514. The van der Waals surface area contributed by atoms with Gasteiger partial charge in [-0.3, -0.25) is 4.79 Å². The molecule has 0 radical (unpaired) electrons. The average molecular weight is 369 g/mol. The van der Waals surface area contributed by atoms with Gasteiger partial charge in [0.15, 0.2) is 6.21 Å². The molecule has 0 atom stereocenters. The molecular formula is C19H17BrN2O. The van der Waals surface area contributed by atoms with Crippen molar-refractivity contribution < 1.29 is 26.4 Å². The SMILES string of the molecule is O=C(C[N+]1=Cc2[nH]c3ccccc3c2CC1)c1ccccc1.[Br-]. The number of halogens is 1. The fourth-order valence-corrected chi connectivity index (χ4v) is 3.13. The first-order valence-corrected chi connectivity index (χ1v) is 7.58. The normalized spacial score (nSPS) is 13.1. The van der Waals surface area contributed by atoms with E-state index in [9.17, 15) is 4.79 Å². The van der Waals surface area contributed by atoms with E-state index in [-0.39, 0.29) is 22.8 Å². The van der Waals surface area contributed by atoms with Crippen molar-refractivity contribution >= 4 is 22.9 Å². The lowest BCUT2D eigenvalue weighted by molar-refractivity contribution is -0.510. The van der Waals surface area contributed by atoms with Gasteiger partial charge >= 0.3 is 0 Å². The summed E-state index contributed by atoms with van der Waals surface area (Å²) in [5.41, 5.74) is 4.44. The van der Waals surface area contributed by atoms with Crippen LogP contribution in [0.2, 0.25) is 0 Å². The second kappa shape index (κ2) is 6.50. The van der Waals surface area contributed by atoms with Gasteiger partial charge < -0.3 is 22.0 Å². The largest absolute Gasteiger partial charge is 1.00 e. The van der Waals surface area contributed by atoms with Gasteiger partial charge in [0.1, 0.15) is 12.2 Å². The zero-order valence-corrected chi connectivity index (χ0v) is 14.2. The minimum atomic E-state index is 0. The van der Waals surface area contributed by atoms with Crippen molar-refractivity contribution in [3.63, 3.8) is 0 Å². The van der Waals surface area contributed by atoms with E-state index in [2.05, 4.69) is 34.0 Å². The molecule has 2 heterocycles. The fraction of sp³-hybridized carbons (Fsp3) is 0.158. The van der Waals surface area contributed by atoms with Gasteiger partial charge in [0.2, 0.25) is 12.3 Å². The van der Waals surface area contributed by atoms with Crippen LogP contribution in [0.5, 0.6) is 0 Å². The summed E-state index contributed by atoms with van der Waals surface area (Å²) in [6.45, 7) is 1.31. The summed E-state index contributed by atoms with van der Waals surface area (Å²) in [7, 11) is 0. The highest BCUT2D eigenvalue weighted by atomic mass is 79.9. The minimum absolute atomic E-state index is 0. The summed E-state index contributed by atoms with van der Waals surface area (Å²) in [5.74, 6) is 0.163. The van der Waals surface area contributed by atoms with Crippen molar-refractivity contribution in [2.75, 3.05) is 13.1 Å². The van der Waals surface area contributed by atoms with Gasteiger partial charge in [-0.15, -0.1) is 0 Å². The maximum atomic E-state index is 12.3. The Hall–Kier alpha value is -2.20. The Balaban J connectivity index is 0.00000156. The molecule has 0 bridgehead atoms. The molecule has 4 heteroatoms. The third-order valence-electron chi connectivity index (χ3n) is 4.25. The first-order chi connectivity index (χ1) is 10.8. The molecule has 0 spiro atoms. The van der Waals surface area contributed by atoms with Crippen LogP contribution in [0.15, 0.2) is 54.6 Å². The Morgan fingerprint density at radius 3 is 2.61 bits per heavy atom. The van der Waals surface area contributed by atoms with Crippen LogP contribution in [0, 0.1) is 0 Å². The highest BCUT2D eigenvalue weighted by Gasteiger charge is 2.22. The summed E-state index contributed by atoms with van der Waals surface area (Å²) in [5, 5.41) is 1.29. The molecule has 0 aliphatic carbocycles. The molecule has 0 saturated heterocycles. The molecule has 4 rings (SSSR count). The van der Waals surface area contributed by atoms with E-state index in [1.807, 2.05) is 36.4 Å². The van der Waals surface area contributed by atoms with Crippen LogP contribution in [0.1, 0.15) is 21.6 Å². The molecule has 1 aliphatic heterocycles. The molecule has 2 aromatic carbocycles. The van der Waals surface area contributed by atoms with Gasteiger partial charge in [-0.25, -0.2) is 4.58 Å². The number of nitrogens with one attached hydrogen (secondary N) is 1. The van der Waals surface area contributed by atoms with Crippen LogP contribution in [0.25, 0.3) is 10.9 Å². The van der Waals surface area contributed by atoms with E-state index in [0.717, 1.165) is 24.2 Å². The minimum Gasteiger partial charge on any atom is -1.00 e. The number of benzene rings is 2. The van der Waals surface area contributed by atoms with E-state index in [1.165, 1.54) is 16.5 Å². The number of hydrogen-bond acceptors (Lipinski definition) is 1. The topological polar surface area (TPSA) is 35.9 Å². The van der Waals surface area contributed by atoms with Crippen molar-refractivity contribution in [3.05, 3.63) is 71.4 Å². The lowest BCUT2D eigenvalue weighted by atomic mass is 10.0. The van der Waals surface area contributed by atoms with Crippen molar-refractivity contribution in [2.45, 2.75) is 6.42 Å². The standard InChI is InChI=1S/C19H16N2O.BrH/c22-19(14-6-2-1-3-7-14)13-21-11-10-16-15-8-4-5-9-17(15)20-18(16)12-21;/h1-9,12H,10-11,13H2;1H. The first kappa shape index (κ1) is 15.7. The number of rotatable bonds is 3. The van der Waals surface area contributed by atoms with Crippen molar-refractivity contribution in [3.8, 4) is 0 Å². The monoisotopic (exact) mass is 368 g/mol.